The molecule has 1 aliphatic rings. The van der Waals surface area contributed by atoms with Gasteiger partial charge in [0.15, 0.2) is 0 Å². The molecule has 0 spiro atoms. The van der Waals surface area contributed by atoms with Gasteiger partial charge in [-0.3, -0.25) is 14.4 Å². The zero-order chi connectivity index (χ0) is 23.2. The summed E-state index contributed by atoms with van der Waals surface area (Å²) in [7, 11) is 0. The summed E-state index contributed by atoms with van der Waals surface area (Å²) in [5, 5.41) is 7.77. The Balaban J connectivity index is 1.38. The van der Waals surface area contributed by atoms with Crippen molar-refractivity contribution in [1.82, 2.24) is 20.0 Å². The first kappa shape index (κ1) is 23.2. The van der Waals surface area contributed by atoms with Gasteiger partial charge in [-0.25, -0.2) is 0 Å². The van der Waals surface area contributed by atoms with E-state index in [9.17, 15) is 4.79 Å². The Bertz CT molecular complexity index is 1060. The lowest BCUT2D eigenvalue weighted by Crippen LogP contribution is -2.53. The van der Waals surface area contributed by atoms with Crippen LogP contribution < -0.4 is 5.32 Å². The van der Waals surface area contributed by atoms with Crippen molar-refractivity contribution in [3.8, 4) is 0 Å². The zero-order valence-corrected chi connectivity index (χ0v) is 19.8. The molecule has 1 N–H and O–H groups in total. The molecule has 1 amide bonds. The second-order valence-electron chi connectivity index (χ2n) is 8.90. The van der Waals surface area contributed by atoms with E-state index in [2.05, 4.69) is 52.6 Å². The van der Waals surface area contributed by atoms with E-state index < -0.39 is 0 Å². The highest BCUT2D eigenvalue weighted by Gasteiger charge is 2.28. The lowest BCUT2D eigenvalue weighted by atomic mass is 10.0. The average molecular weight is 447 g/mol. The molecule has 1 saturated heterocycles. The van der Waals surface area contributed by atoms with E-state index in [1.165, 1.54) is 5.56 Å². The summed E-state index contributed by atoms with van der Waals surface area (Å²) in [5.74, 6) is -0.0548. The predicted molar refractivity (Wildman–Crippen MR) is 130 cm³/mol. The van der Waals surface area contributed by atoms with Crippen LogP contribution in [0.1, 0.15) is 46.2 Å². The first-order chi connectivity index (χ1) is 16.0. The maximum absolute atomic E-state index is 13.1. The largest absolute Gasteiger partial charge is 0.373 e. The number of aromatic nitrogens is 2. The van der Waals surface area contributed by atoms with E-state index in [1.807, 2.05) is 48.9 Å². The van der Waals surface area contributed by atoms with Crippen LogP contribution in [0.15, 0.2) is 60.7 Å². The normalized spacial score (nSPS) is 17.6. The number of amides is 1. The molecule has 1 aromatic heterocycles. The molecular weight excluding hydrogens is 412 g/mol. The number of carbonyl (C=O) groups is 1. The highest BCUT2D eigenvalue weighted by atomic mass is 16.5. The molecule has 6 nitrogen and oxygen atoms in total. The maximum Gasteiger partial charge on any atom is 0.251 e. The summed E-state index contributed by atoms with van der Waals surface area (Å²) in [6.07, 6.45) is 0.801. The minimum atomic E-state index is -0.0548. The lowest BCUT2D eigenvalue weighted by molar-refractivity contribution is -0.0483. The van der Waals surface area contributed by atoms with Crippen LogP contribution in [-0.2, 0) is 17.8 Å². The fourth-order valence-corrected chi connectivity index (χ4v) is 4.49. The molecule has 3 aromatic rings. The monoisotopic (exact) mass is 446 g/mol. The lowest BCUT2D eigenvalue weighted by Gasteiger charge is -2.37. The quantitative estimate of drug-likeness (QED) is 0.569. The van der Waals surface area contributed by atoms with E-state index in [4.69, 9.17) is 4.74 Å². The standard InChI is InChI=1S/C27H34N4O2/c1-4-25(26-19-30(13-14-33-26)17-22-9-6-5-7-10-22)28-27(32)24-12-8-11-23(16-24)18-31-21(3)15-20(2)29-31/h5-12,15-16,25-26H,4,13-14,17-19H2,1-3H3,(H,28,32)/t25-,26+/m0/s1. The Kier molecular flexibility index (Phi) is 7.57. The maximum atomic E-state index is 13.1. The molecule has 33 heavy (non-hydrogen) atoms. The van der Waals surface area contributed by atoms with Crippen molar-refractivity contribution in [1.29, 1.82) is 0 Å². The fourth-order valence-electron chi connectivity index (χ4n) is 4.49. The Hall–Kier alpha value is -2.96. The third-order valence-corrected chi connectivity index (χ3v) is 6.26. The molecule has 2 aromatic carbocycles. The molecule has 4 rings (SSSR count). The van der Waals surface area contributed by atoms with Gasteiger partial charge in [-0.05, 0) is 49.6 Å². The van der Waals surface area contributed by atoms with Crippen molar-refractivity contribution in [2.45, 2.75) is 52.4 Å². The van der Waals surface area contributed by atoms with Crippen molar-refractivity contribution >= 4 is 5.91 Å². The van der Waals surface area contributed by atoms with Gasteiger partial charge in [-0.1, -0.05) is 49.4 Å². The van der Waals surface area contributed by atoms with Gasteiger partial charge >= 0.3 is 0 Å². The van der Waals surface area contributed by atoms with Gasteiger partial charge in [0.25, 0.3) is 5.91 Å². The van der Waals surface area contributed by atoms with Gasteiger partial charge in [0.05, 0.1) is 31.0 Å². The second-order valence-corrected chi connectivity index (χ2v) is 8.90. The number of nitrogens with zero attached hydrogens (tertiary/aromatic N) is 3. The average Bonchev–Trinajstić information content (AvgIpc) is 3.14. The molecule has 6 heteroatoms. The summed E-state index contributed by atoms with van der Waals surface area (Å²) in [4.78, 5) is 15.5. The van der Waals surface area contributed by atoms with Crippen LogP contribution in [0.25, 0.3) is 0 Å². The fraction of sp³-hybridized carbons (Fsp3) is 0.407. The summed E-state index contributed by atoms with van der Waals surface area (Å²) < 4.78 is 8.06. The van der Waals surface area contributed by atoms with Crippen LogP contribution in [-0.4, -0.2) is 52.4 Å². The Morgan fingerprint density at radius 1 is 1.09 bits per heavy atom. The Labute approximate surface area is 196 Å². The van der Waals surface area contributed by atoms with Crippen molar-refractivity contribution in [3.63, 3.8) is 0 Å². The highest BCUT2D eigenvalue weighted by molar-refractivity contribution is 5.94. The molecule has 2 heterocycles. The number of carbonyl (C=O) groups excluding carboxylic acids is 1. The van der Waals surface area contributed by atoms with Gasteiger partial charge in [0.2, 0.25) is 0 Å². The number of aryl methyl sites for hydroxylation is 2. The number of nitrogens with one attached hydrogen (secondary N) is 1. The number of hydrogen-bond donors (Lipinski definition) is 1. The van der Waals surface area contributed by atoms with Gasteiger partial charge in [0, 0.05) is 30.9 Å². The predicted octanol–water partition coefficient (Wildman–Crippen LogP) is 3.96. The molecule has 0 unspecified atom stereocenters. The summed E-state index contributed by atoms with van der Waals surface area (Å²) in [5.41, 5.74) is 5.15. The van der Waals surface area contributed by atoms with E-state index in [-0.39, 0.29) is 18.1 Å². The highest BCUT2D eigenvalue weighted by Crippen LogP contribution is 2.16. The van der Waals surface area contributed by atoms with Crippen LogP contribution >= 0.6 is 0 Å². The Morgan fingerprint density at radius 2 is 1.88 bits per heavy atom. The molecule has 1 aliphatic heterocycles. The topological polar surface area (TPSA) is 59.4 Å². The van der Waals surface area contributed by atoms with E-state index in [0.717, 1.165) is 43.0 Å². The molecule has 0 bridgehead atoms. The van der Waals surface area contributed by atoms with Crippen LogP contribution in [0.2, 0.25) is 0 Å². The van der Waals surface area contributed by atoms with Crippen molar-refractivity contribution in [3.05, 3.63) is 88.7 Å². The smallest absolute Gasteiger partial charge is 0.251 e. The molecule has 174 valence electrons. The number of rotatable bonds is 8. The van der Waals surface area contributed by atoms with Gasteiger partial charge in [0.1, 0.15) is 0 Å². The van der Waals surface area contributed by atoms with Crippen LogP contribution in [0, 0.1) is 13.8 Å². The summed E-state index contributed by atoms with van der Waals surface area (Å²) >= 11 is 0. The van der Waals surface area contributed by atoms with Crippen LogP contribution in [0.3, 0.4) is 0 Å². The number of ether oxygens (including phenoxy) is 1. The van der Waals surface area contributed by atoms with Crippen molar-refractivity contribution in [2.24, 2.45) is 0 Å². The van der Waals surface area contributed by atoms with Crippen LogP contribution in [0.4, 0.5) is 0 Å². The van der Waals surface area contributed by atoms with E-state index >= 15 is 0 Å². The molecule has 1 fully saturated rings. The SMILES string of the molecule is CC[C@H](NC(=O)c1cccc(Cn2nc(C)cc2C)c1)[C@H]1CN(Cc2ccccc2)CCO1. The van der Waals surface area contributed by atoms with Crippen molar-refractivity contribution < 1.29 is 9.53 Å². The molecule has 0 saturated carbocycles. The zero-order valence-electron chi connectivity index (χ0n) is 19.8. The first-order valence-corrected chi connectivity index (χ1v) is 11.8. The number of hydrogen-bond acceptors (Lipinski definition) is 4. The van der Waals surface area contributed by atoms with Crippen molar-refractivity contribution in [2.75, 3.05) is 19.7 Å². The molecule has 2 atom stereocenters. The summed E-state index contributed by atoms with van der Waals surface area (Å²) in [6, 6.07) is 20.3. The van der Waals surface area contributed by atoms with Gasteiger partial charge < -0.3 is 10.1 Å². The molecular formula is C27H34N4O2. The van der Waals surface area contributed by atoms with E-state index in [1.54, 1.807) is 0 Å². The minimum absolute atomic E-state index is 0.0192. The third-order valence-electron chi connectivity index (χ3n) is 6.26. The molecule has 0 aliphatic carbocycles. The number of morpholine rings is 1. The first-order valence-electron chi connectivity index (χ1n) is 11.8. The summed E-state index contributed by atoms with van der Waals surface area (Å²) in [6.45, 7) is 10.1. The second kappa shape index (κ2) is 10.8. The third kappa shape index (κ3) is 6.09. The molecule has 0 radical (unpaired) electrons. The van der Waals surface area contributed by atoms with Gasteiger partial charge in [-0.2, -0.15) is 5.10 Å². The van der Waals surface area contributed by atoms with Gasteiger partial charge in [-0.15, -0.1) is 0 Å². The van der Waals surface area contributed by atoms with E-state index in [0.29, 0.717) is 18.7 Å². The minimum Gasteiger partial charge on any atom is -0.373 e. The number of benzene rings is 2. The van der Waals surface area contributed by atoms with Crippen LogP contribution in [0.5, 0.6) is 0 Å². The Morgan fingerprint density at radius 3 is 2.61 bits per heavy atom.